The van der Waals surface area contributed by atoms with Crippen molar-refractivity contribution in [1.82, 2.24) is 15.3 Å². The second-order valence-corrected chi connectivity index (χ2v) is 2.46. The maximum Gasteiger partial charge on any atom is 0.321 e. The molecule has 1 heterocycles. The van der Waals surface area contributed by atoms with E-state index in [2.05, 4.69) is 15.3 Å². The maximum absolute atomic E-state index is 10.6. The first kappa shape index (κ1) is 11.6. The molecule has 13 heavy (non-hydrogen) atoms. The van der Waals surface area contributed by atoms with Gasteiger partial charge in [-0.1, -0.05) is 0 Å². The van der Waals surface area contributed by atoms with E-state index in [0.29, 0.717) is 6.42 Å². The van der Waals surface area contributed by atoms with Crippen molar-refractivity contribution in [3.8, 4) is 0 Å². The summed E-state index contributed by atoms with van der Waals surface area (Å²) in [5.41, 5.74) is 0.816. The zero-order chi connectivity index (χ0) is 8.97. The van der Waals surface area contributed by atoms with Crippen molar-refractivity contribution < 1.29 is 15.4 Å². The molecule has 0 unspecified atom stereocenters. The number of carboxylic acids is 1. The third kappa shape index (κ3) is 3.22. The number of carboxylic acid groups (broad SMARTS) is 1. The average Bonchev–Trinajstić information content (AvgIpc) is 2.51. The van der Waals surface area contributed by atoms with Gasteiger partial charge in [-0.25, -0.2) is 4.98 Å². The van der Waals surface area contributed by atoms with E-state index in [-0.39, 0.29) is 5.48 Å². The van der Waals surface area contributed by atoms with Gasteiger partial charge in [0.1, 0.15) is 6.04 Å². The molecule has 1 aromatic heterocycles. The van der Waals surface area contributed by atoms with Gasteiger partial charge >= 0.3 is 5.97 Å². The number of hydrogen-bond donors (Lipinski definition) is 3. The highest BCUT2D eigenvalue weighted by atomic mass is 16.4. The summed E-state index contributed by atoms with van der Waals surface area (Å²) in [5, 5.41) is 11.4. The molecule has 0 amide bonds. The van der Waals surface area contributed by atoms with E-state index in [1.807, 2.05) is 0 Å². The normalized spacial score (nSPS) is 11.8. The maximum atomic E-state index is 10.6. The van der Waals surface area contributed by atoms with Gasteiger partial charge in [0, 0.05) is 18.3 Å². The molecule has 0 aliphatic heterocycles. The lowest BCUT2D eigenvalue weighted by Crippen LogP contribution is -2.35. The van der Waals surface area contributed by atoms with Gasteiger partial charge in [-0.2, -0.15) is 0 Å². The minimum atomic E-state index is -0.855. The van der Waals surface area contributed by atoms with Crippen molar-refractivity contribution in [2.75, 3.05) is 7.05 Å². The Balaban J connectivity index is 0.00000144. The summed E-state index contributed by atoms with van der Waals surface area (Å²) in [4.78, 5) is 17.2. The van der Waals surface area contributed by atoms with Crippen LogP contribution in [0.1, 0.15) is 5.69 Å². The van der Waals surface area contributed by atoms with Crippen molar-refractivity contribution in [2.24, 2.45) is 0 Å². The minimum absolute atomic E-state index is 0. The minimum Gasteiger partial charge on any atom is -0.480 e. The Kier molecular flexibility index (Phi) is 4.71. The Labute approximate surface area is 75.3 Å². The fraction of sp³-hybridized carbons (Fsp3) is 0.429. The number of nitrogens with one attached hydrogen (secondary N) is 2. The Hall–Kier alpha value is -1.40. The summed E-state index contributed by atoms with van der Waals surface area (Å²) < 4.78 is 0. The molecule has 0 saturated heterocycles. The molecule has 0 spiro atoms. The van der Waals surface area contributed by atoms with Crippen LogP contribution >= 0.6 is 0 Å². The van der Waals surface area contributed by atoms with Crippen molar-refractivity contribution >= 4 is 5.97 Å². The fourth-order valence-corrected chi connectivity index (χ4v) is 0.929. The Bertz CT molecular complexity index is 247. The first-order valence-corrected chi connectivity index (χ1v) is 3.61. The molecule has 1 rings (SSSR count). The van der Waals surface area contributed by atoms with E-state index in [1.54, 1.807) is 13.2 Å². The lowest BCUT2D eigenvalue weighted by molar-refractivity contribution is -0.139. The quantitative estimate of drug-likeness (QED) is 0.550. The van der Waals surface area contributed by atoms with Gasteiger partial charge in [0.15, 0.2) is 0 Å². The summed E-state index contributed by atoms with van der Waals surface area (Å²) in [6, 6.07) is -0.551. The number of carbonyl (C=O) groups is 1. The number of imidazole rings is 1. The number of aromatic nitrogens is 2. The van der Waals surface area contributed by atoms with Crippen LogP contribution in [0.25, 0.3) is 0 Å². The van der Waals surface area contributed by atoms with Gasteiger partial charge in [-0.05, 0) is 7.05 Å². The molecule has 0 aliphatic carbocycles. The van der Waals surface area contributed by atoms with Crippen LogP contribution in [0.2, 0.25) is 0 Å². The average molecular weight is 187 g/mol. The lowest BCUT2D eigenvalue weighted by atomic mass is 10.2. The summed E-state index contributed by atoms with van der Waals surface area (Å²) in [5.74, 6) is -0.855. The molecule has 0 aromatic carbocycles. The monoisotopic (exact) mass is 187 g/mol. The van der Waals surface area contributed by atoms with Gasteiger partial charge in [0.25, 0.3) is 0 Å². The standard InChI is InChI=1S/C7H11N3O2.H2O/c1-8-6(7(11)12)2-5-3-9-4-10-5;/h3-4,6,8H,2H2,1H3,(H,9,10)(H,11,12);1H2/t6-;/m0./s1. The van der Waals surface area contributed by atoms with Crippen molar-refractivity contribution in [1.29, 1.82) is 0 Å². The van der Waals surface area contributed by atoms with Crippen LogP contribution < -0.4 is 5.32 Å². The molecule has 0 radical (unpaired) electrons. The molecule has 0 aliphatic rings. The fourth-order valence-electron chi connectivity index (χ4n) is 0.929. The summed E-state index contributed by atoms with van der Waals surface area (Å²) in [6.45, 7) is 0. The number of aromatic amines is 1. The predicted molar refractivity (Wildman–Crippen MR) is 46.4 cm³/mol. The van der Waals surface area contributed by atoms with Crippen molar-refractivity contribution in [3.05, 3.63) is 18.2 Å². The zero-order valence-electron chi connectivity index (χ0n) is 7.24. The molecule has 5 N–H and O–H groups in total. The van der Waals surface area contributed by atoms with Gasteiger partial charge in [-0.15, -0.1) is 0 Å². The van der Waals surface area contributed by atoms with E-state index in [1.165, 1.54) is 6.33 Å². The molecule has 0 saturated carbocycles. The number of aliphatic carboxylic acids is 1. The summed E-state index contributed by atoms with van der Waals surface area (Å²) in [7, 11) is 1.62. The zero-order valence-corrected chi connectivity index (χ0v) is 7.24. The molecule has 6 nitrogen and oxygen atoms in total. The molecule has 74 valence electrons. The third-order valence-electron chi connectivity index (χ3n) is 1.63. The van der Waals surface area contributed by atoms with Gasteiger partial charge < -0.3 is 20.9 Å². The lowest BCUT2D eigenvalue weighted by Gasteiger charge is -2.08. The number of H-pyrrole nitrogens is 1. The highest BCUT2D eigenvalue weighted by molar-refractivity contribution is 5.73. The van der Waals surface area contributed by atoms with Crippen LogP contribution in [0.4, 0.5) is 0 Å². The van der Waals surface area contributed by atoms with E-state index in [0.717, 1.165) is 5.69 Å². The van der Waals surface area contributed by atoms with Crippen LogP contribution in [-0.2, 0) is 11.2 Å². The van der Waals surface area contributed by atoms with Gasteiger partial charge in [-0.3, -0.25) is 4.79 Å². The number of nitrogens with zero attached hydrogens (tertiary/aromatic N) is 1. The highest BCUT2D eigenvalue weighted by Gasteiger charge is 2.15. The highest BCUT2D eigenvalue weighted by Crippen LogP contribution is 1.97. The van der Waals surface area contributed by atoms with Gasteiger partial charge in [0.2, 0.25) is 0 Å². The van der Waals surface area contributed by atoms with Crippen LogP contribution in [0.5, 0.6) is 0 Å². The molecule has 6 heteroatoms. The van der Waals surface area contributed by atoms with Crippen molar-refractivity contribution in [2.45, 2.75) is 12.5 Å². The van der Waals surface area contributed by atoms with Crippen LogP contribution in [0.15, 0.2) is 12.5 Å². The van der Waals surface area contributed by atoms with E-state index in [4.69, 9.17) is 5.11 Å². The first-order valence-electron chi connectivity index (χ1n) is 3.61. The molecule has 1 atom stereocenters. The number of rotatable bonds is 4. The molecular weight excluding hydrogens is 174 g/mol. The van der Waals surface area contributed by atoms with E-state index >= 15 is 0 Å². The Morgan fingerprint density at radius 2 is 2.54 bits per heavy atom. The second kappa shape index (κ2) is 5.28. The smallest absolute Gasteiger partial charge is 0.321 e. The second-order valence-electron chi connectivity index (χ2n) is 2.46. The number of hydrogen-bond acceptors (Lipinski definition) is 3. The van der Waals surface area contributed by atoms with Gasteiger partial charge in [0.05, 0.1) is 6.33 Å². The third-order valence-corrected chi connectivity index (χ3v) is 1.63. The van der Waals surface area contributed by atoms with E-state index in [9.17, 15) is 4.79 Å². The first-order chi connectivity index (χ1) is 5.74. The van der Waals surface area contributed by atoms with Crippen LogP contribution in [0, 0.1) is 0 Å². The largest absolute Gasteiger partial charge is 0.480 e. The van der Waals surface area contributed by atoms with Crippen molar-refractivity contribution in [3.63, 3.8) is 0 Å². The number of likely N-dealkylation sites (N-methyl/N-ethyl adjacent to an activating group) is 1. The van der Waals surface area contributed by atoms with E-state index < -0.39 is 12.0 Å². The Morgan fingerprint density at radius 3 is 2.92 bits per heavy atom. The topological polar surface area (TPSA) is 110 Å². The molecular formula is C7H13N3O3. The molecule has 0 fully saturated rings. The summed E-state index contributed by atoms with van der Waals surface area (Å²) >= 11 is 0. The van der Waals surface area contributed by atoms with Crippen LogP contribution in [0.3, 0.4) is 0 Å². The van der Waals surface area contributed by atoms with Crippen LogP contribution in [-0.4, -0.2) is 39.6 Å². The predicted octanol–water partition coefficient (Wildman–Crippen LogP) is -1.20. The molecule has 0 bridgehead atoms. The SMILES string of the molecule is CN[C@@H](Cc1cnc[nH]1)C(=O)O.O. The molecule has 1 aromatic rings. The Morgan fingerprint density at radius 1 is 1.85 bits per heavy atom. The summed E-state index contributed by atoms with van der Waals surface area (Å²) in [6.07, 6.45) is 3.57.